The molecule has 18 heavy (non-hydrogen) atoms. The van der Waals surface area contributed by atoms with Gasteiger partial charge in [0.15, 0.2) is 6.10 Å². The number of carbonyl (C=O) groups excluding carboxylic acids is 1. The fourth-order valence-electron chi connectivity index (χ4n) is 1.58. The van der Waals surface area contributed by atoms with Crippen molar-refractivity contribution >= 4 is 5.91 Å². The number of para-hydroxylation sites is 1. The lowest BCUT2D eigenvalue weighted by Crippen LogP contribution is -2.36. The molecule has 1 aromatic carbocycles. The molecular formula is C14H21NO3. The standard InChI is InChI=1S/C14H21NO3/c1-3-9-15-14(17)11(2)18-13-7-5-4-6-12(13)8-10-16/h4-7,11,16H,3,8-10H2,1-2H3,(H,15,17). The minimum Gasteiger partial charge on any atom is -0.481 e. The third-order valence-corrected chi connectivity index (χ3v) is 2.58. The number of carbonyl (C=O) groups is 1. The van der Waals surface area contributed by atoms with Gasteiger partial charge in [0.2, 0.25) is 0 Å². The van der Waals surface area contributed by atoms with Crippen LogP contribution in [-0.2, 0) is 11.2 Å². The molecule has 0 bridgehead atoms. The highest BCUT2D eigenvalue weighted by Crippen LogP contribution is 2.19. The van der Waals surface area contributed by atoms with Crippen LogP contribution in [0.3, 0.4) is 0 Å². The first-order valence-corrected chi connectivity index (χ1v) is 6.32. The van der Waals surface area contributed by atoms with Crippen LogP contribution >= 0.6 is 0 Å². The van der Waals surface area contributed by atoms with E-state index in [0.29, 0.717) is 18.7 Å². The van der Waals surface area contributed by atoms with Crippen molar-refractivity contribution in [2.24, 2.45) is 0 Å². The Morgan fingerprint density at radius 2 is 2.17 bits per heavy atom. The highest BCUT2D eigenvalue weighted by Gasteiger charge is 2.15. The van der Waals surface area contributed by atoms with E-state index in [1.54, 1.807) is 6.92 Å². The van der Waals surface area contributed by atoms with E-state index >= 15 is 0 Å². The third kappa shape index (κ3) is 4.37. The predicted octanol–water partition coefficient (Wildman–Crippen LogP) is 1.51. The molecule has 1 unspecified atom stereocenters. The van der Waals surface area contributed by atoms with E-state index in [1.807, 2.05) is 31.2 Å². The number of rotatable bonds is 7. The van der Waals surface area contributed by atoms with Crippen molar-refractivity contribution in [1.29, 1.82) is 0 Å². The van der Waals surface area contributed by atoms with Crippen LogP contribution in [-0.4, -0.2) is 30.3 Å². The van der Waals surface area contributed by atoms with Crippen molar-refractivity contribution in [1.82, 2.24) is 5.32 Å². The van der Waals surface area contributed by atoms with Crippen molar-refractivity contribution in [2.45, 2.75) is 32.8 Å². The zero-order valence-electron chi connectivity index (χ0n) is 11.0. The number of nitrogens with one attached hydrogen (secondary N) is 1. The summed E-state index contributed by atoms with van der Waals surface area (Å²) in [5, 5.41) is 11.8. The molecule has 0 saturated heterocycles. The second kappa shape index (κ2) is 7.71. The monoisotopic (exact) mass is 251 g/mol. The van der Waals surface area contributed by atoms with Gasteiger partial charge in [-0.1, -0.05) is 25.1 Å². The number of hydrogen-bond acceptors (Lipinski definition) is 3. The largest absolute Gasteiger partial charge is 0.481 e. The summed E-state index contributed by atoms with van der Waals surface area (Å²) in [6.45, 7) is 4.45. The van der Waals surface area contributed by atoms with Gasteiger partial charge in [-0.15, -0.1) is 0 Å². The van der Waals surface area contributed by atoms with Gasteiger partial charge in [0.25, 0.3) is 5.91 Å². The van der Waals surface area contributed by atoms with Gasteiger partial charge in [-0.25, -0.2) is 0 Å². The van der Waals surface area contributed by atoms with Crippen molar-refractivity contribution in [3.63, 3.8) is 0 Å². The van der Waals surface area contributed by atoms with Crippen LogP contribution in [0.25, 0.3) is 0 Å². The zero-order valence-corrected chi connectivity index (χ0v) is 11.0. The van der Waals surface area contributed by atoms with Gasteiger partial charge < -0.3 is 15.2 Å². The molecule has 0 aliphatic carbocycles. The SMILES string of the molecule is CCCNC(=O)C(C)Oc1ccccc1CCO. The fourth-order valence-corrected chi connectivity index (χ4v) is 1.58. The van der Waals surface area contributed by atoms with E-state index in [1.165, 1.54) is 0 Å². The van der Waals surface area contributed by atoms with E-state index in [0.717, 1.165) is 12.0 Å². The quantitative estimate of drug-likeness (QED) is 0.772. The van der Waals surface area contributed by atoms with Gasteiger partial charge in [0, 0.05) is 13.2 Å². The first-order valence-electron chi connectivity index (χ1n) is 6.32. The van der Waals surface area contributed by atoms with Gasteiger partial charge in [-0.2, -0.15) is 0 Å². The molecule has 0 spiro atoms. The Bertz CT molecular complexity index is 379. The zero-order chi connectivity index (χ0) is 13.4. The van der Waals surface area contributed by atoms with E-state index < -0.39 is 6.10 Å². The van der Waals surface area contributed by atoms with Crippen molar-refractivity contribution in [2.75, 3.05) is 13.2 Å². The van der Waals surface area contributed by atoms with Crippen LogP contribution in [0.1, 0.15) is 25.8 Å². The Kier molecular flexibility index (Phi) is 6.22. The minimum absolute atomic E-state index is 0.0663. The third-order valence-electron chi connectivity index (χ3n) is 2.58. The van der Waals surface area contributed by atoms with Crippen LogP contribution in [0.2, 0.25) is 0 Å². The molecule has 0 aliphatic heterocycles. The highest BCUT2D eigenvalue weighted by atomic mass is 16.5. The summed E-state index contributed by atoms with van der Waals surface area (Å²) >= 11 is 0. The fraction of sp³-hybridized carbons (Fsp3) is 0.500. The van der Waals surface area contributed by atoms with Crippen molar-refractivity contribution < 1.29 is 14.6 Å². The van der Waals surface area contributed by atoms with Crippen LogP contribution in [0, 0.1) is 0 Å². The molecule has 0 heterocycles. The summed E-state index contributed by atoms with van der Waals surface area (Å²) in [5.74, 6) is 0.543. The summed E-state index contributed by atoms with van der Waals surface area (Å²) in [6, 6.07) is 7.45. The summed E-state index contributed by atoms with van der Waals surface area (Å²) in [6.07, 6.45) is 0.898. The van der Waals surface area contributed by atoms with E-state index in [4.69, 9.17) is 9.84 Å². The molecule has 0 aromatic heterocycles. The molecule has 0 saturated carbocycles. The molecule has 1 rings (SSSR count). The summed E-state index contributed by atoms with van der Waals surface area (Å²) in [5.41, 5.74) is 0.912. The molecule has 1 atom stereocenters. The van der Waals surface area contributed by atoms with Gasteiger partial charge >= 0.3 is 0 Å². The number of hydrogen-bond donors (Lipinski definition) is 2. The molecule has 4 heteroatoms. The smallest absolute Gasteiger partial charge is 0.260 e. The Balaban J connectivity index is 2.63. The Morgan fingerprint density at radius 3 is 2.83 bits per heavy atom. The van der Waals surface area contributed by atoms with Crippen LogP contribution in [0.4, 0.5) is 0 Å². The van der Waals surface area contributed by atoms with Crippen LogP contribution < -0.4 is 10.1 Å². The maximum Gasteiger partial charge on any atom is 0.260 e. The molecule has 2 N–H and O–H groups in total. The first kappa shape index (κ1) is 14.5. The molecule has 0 radical (unpaired) electrons. The lowest BCUT2D eigenvalue weighted by atomic mass is 10.1. The van der Waals surface area contributed by atoms with E-state index in [-0.39, 0.29) is 12.5 Å². The molecule has 1 aromatic rings. The molecule has 0 fully saturated rings. The number of aliphatic hydroxyl groups is 1. The molecule has 4 nitrogen and oxygen atoms in total. The number of ether oxygens (including phenoxy) is 1. The second-order valence-corrected chi connectivity index (χ2v) is 4.13. The van der Waals surface area contributed by atoms with Gasteiger partial charge in [0.05, 0.1) is 0 Å². The minimum atomic E-state index is -0.531. The maximum atomic E-state index is 11.7. The maximum absolute atomic E-state index is 11.7. The summed E-state index contributed by atoms with van der Waals surface area (Å²) in [7, 11) is 0. The average molecular weight is 251 g/mol. The lowest BCUT2D eigenvalue weighted by Gasteiger charge is -2.16. The Morgan fingerprint density at radius 1 is 1.44 bits per heavy atom. The van der Waals surface area contributed by atoms with Gasteiger partial charge in [-0.3, -0.25) is 4.79 Å². The van der Waals surface area contributed by atoms with Crippen molar-refractivity contribution in [3.05, 3.63) is 29.8 Å². The van der Waals surface area contributed by atoms with E-state index in [2.05, 4.69) is 5.32 Å². The Hall–Kier alpha value is -1.55. The van der Waals surface area contributed by atoms with E-state index in [9.17, 15) is 4.79 Å². The van der Waals surface area contributed by atoms with Gasteiger partial charge in [0.1, 0.15) is 5.75 Å². The topological polar surface area (TPSA) is 58.6 Å². The first-order chi connectivity index (χ1) is 8.69. The summed E-state index contributed by atoms with van der Waals surface area (Å²) < 4.78 is 5.63. The number of benzene rings is 1. The second-order valence-electron chi connectivity index (χ2n) is 4.13. The average Bonchev–Trinajstić information content (AvgIpc) is 2.38. The number of aliphatic hydroxyl groups excluding tert-OH is 1. The molecule has 1 amide bonds. The molecule has 0 aliphatic rings. The highest BCUT2D eigenvalue weighted by molar-refractivity contribution is 5.80. The van der Waals surface area contributed by atoms with Crippen molar-refractivity contribution in [3.8, 4) is 5.75 Å². The normalized spacial score (nSPS) is 11.9. The van der Waals surface area contributed by atoms with Crippen LogP contribution in [0.5, 0.6) is 5.75 Å². The predicted molar refractivity (Wildman–Crippen MR) is 70.6 cm³/mol. The Labute approximate surface area is 108 Å². The molecule has 100 valence electrons. The molecular weight excluding hydrogens is 230 g/mol. The van der Waals surface area contributed by atoms with Crippen LogP contribution in [0.15, 0.2) is 24.3 Å². The summed E-state index contributed by atoms with van der Waals surface area (Å²) in [4.78, 5) is 11.7. The number of amides is 1. The van der Waals surface area contributed by atoms with Gasteiger partial charge in [-0.05, 0) is 31.4 Å². The lowest BCUT2D eigenvalue weighted by molar-refractivity contribution is -0.127.